The lowest BCUT2D eigenvalue weighted by Crippen LogP contribution is -2.40. The molecule has 0 aromatic heterocycles. The van der Waals surface area contributed by atoms with Crippen LogP contribution in [-0.4, -0.2) is 19.3 Å². The standard InChI is InChI=1S/C10H12ClNO/c1-7-4-8(11)2-3-10(7)12-9-5-13-6-9/h2-4,9,12H,5-6H2,1H3. The maximum absolute atomic E-state index is 5.85. The van der Waals surface area contributed by atoms with Crippen LogP contribution in [0.25, 0.3) is 0 Å². The maximum Gasteiger partial charge on any atom is 0.0728 e. The zero-order valence-electron chi connectivity index (χ0n) is 7.51. The first kappa shape index (κ1) is 8.85. The first-order valence-electron chi connectivity index (χ1n) is 4.36. The van der Waals surface area contributed by atoms with Gasteiger partial charge in [0, 0.05) is 10.7 Å². The van der Waals surface area contributed by atoms with Crippen molar-refractivity contribution in [2.24, 2.45) is 0 Å². The molecule has 1 saturated heterocycles. The number of rotatable bonds is 2. The summed E-state index contributed by atoms with van der Waals surface area (Å²) in [5.41, 5.74) is 2.33. The summed E-state index contributed by atoms with van der Waals surface area (Å²) in [7, 11) is 0. The van der Waals surface area contributed by atoms with E-state index in [0.29, 0.717) is 6.04 Å². The molecule has 1 aromatic carbocycles. The molecule has 1 fully saturated rings. The average molecular weight is 198 g/mol. The summed E-state index contributed by atoms with van der Waals surface area (Å²) in [6.07, 6.45) is 0. The van der Waals surface area contributed by atoms with Crippen LogP contribution in [0.15, 0.2) is 18.2 Å². The Hall–Kier alpha value is -0.730. The fourth-order valence-electron chi connectivity index (χ4n) is 1.33. The topological polar surface area (TPSA) is 21.3 Å². The number of aryl methyl sites for hydroxylation is 1. The number of ether oxygens (including phenoxy) is 1. The highest BCUT2D eigenvalue weighted by Crippen LogP contribution is 2.21. The molecule has 2 nitrogen and oxygen atoms in total. The van der Waals surface area contributed by atoms with Crippen molar-refractivity contribution in [1.29, 1.82) is 0 Å². The van der Waals surface area contributed by atoms with Crippen LogP contribution in [0.1, 0.15) is 5.56 Å². The Kier molecular flexibility index (Phi) is 2.42. The van der Waals surface area contributed by atoms with E-state index < -0.39 is 0 Å². The molecule has 0 saturated carbocycles. The fourth-order valence-corrected chi connectivity index (χ4v) is 1.55. The molecule has 13 heavy (non-hydrogen) atoms. The highest BCUT2D eigenvalue weighted by atomic mass is 35.5. The molecule has 0 amide bonds. The van der Waals surface area contributed by atoms with E-state index in [1.807, 2.05) is 25.1 Å². The van der Waals surface area contributed by atoms with Gasteiger partial charge in [-0.15, -0.1) is 0 Å². The molecule has 0 aliphatic carbocycles. The Morgan fingerprint density at radius 1 is 1.46 bits per heavy atom. The van der Waals surface area contributed by atoms with Crippen molar-refractivity contribution in [3.63, 3.8) is 0 Å². The highest BCUT2D eigenvalue weighted by molar-refractivity contribution is 6.30. The summed E-state index contributed by atoms with van der Waals surface area (Å²) < 4.78 is 5.08. The van der Waals surface area contributed by atoms with E-state index in [-0.39, 0.29) is 0 Å². The van der Waals surface area contributed by atoms with E-state index in [2.05, 4.69) is 5.32 Å². The number of hydrogen-bond donors (Lipinski definition) is 1. The molecule has 1 aromatic rings. The van der Waals surface area contributed by atoms with Crippen LogP contribution >= 0.6 is 11.6 Å². The normalized spacial score (nSPS) is 16.8. The predicted octanol–water partition coefficient (Wildman–Crippen LogP) is 2.46. The molecule has 0 atom stereocenters. The molecule has 1 heterocycles. The molecule has 1 aliphatic heterocycles. The van der Waals surface area contributed by atoms with Crippen LogP contribution in [-0.2, 0) is 4.74 Å². The molecule has 0 spiro atoms. The van der Waals surface area contributed by atoms with Crippen molar-refractivity contribution in [1.82, 2.24) is 0 Å². The number of benzene rings is 1. The van der Waals surface area contributed by atoms with Crippen molar-refractivity contribution >= 4 is 17.3 Å². The second-order valence-corrected chi connectivity index (χ2v) is 3.77. The molecule has 0 unspecified atom stereocenters. The van der Waals surface area contributed by atoms with Gasteiger partial charge in [0.2, 0.25) is 0 Å². The van der Waals surface area contributed by atoms with E-state index in [1.54, 1.807) is 0 Å². The first-order chi connectivity index (χ1) is 6.25. The number of hydrogen-bond acceptors (Lipinski definition) is 2. The average Bonchev–Trinajstić information content (AvgIpc) is 1.99. The molecule has 2 rings (SSSR count). The Labute approximate surface area is 82.9 Å². The summed E-state index contributed by atoms with van der Waals surface area (Å²) >= 11 is 5.85. The summed E-state index contributed by atoms with van der Waals surface area (Å²) in [4.78, 5) is 0. The largest absolute Gasteiger partial charge is 0.377 e. The van der Waals surface area contributed by atoms with E-state index >= 15 is 0 Å². The van der Waals surface area contributed by atoms with Gasteiger partial charge in [-0.2, -0.15) is 0 Å². The predicted molar refractivity (Wildman–Crippen MR) is 54.4 cm³/mol. The quantitative estimate of drug-likeness (QED) is 0.787. The van der Waals surface area contributed by atoms with Gasteiger partial charge in [0.15, 0.2) is 0 Å². The maximum atomic E-state index is 5.85. The number of anilines is 1. The molecule has 3 heteroatoms. The van der Waals surface area contributed by atoms with Gasteiger partial charge in [0.1, 0.15) is 0 Å². The van der Waals surface area contributed by atoms with Gasteiger partial charge < -0.3 is 10.1 Å². The monoisotopic (exact) mass is 197 g/mol. The molecule has 70 valence electrons. The lowest BCUT2D eigenvalue weighted by Gasteiger charge is -2.28. The molecule has 0 bridgehead atoms. The summed E-state index contributed by atoms with van der Waals surface area (Å²) in [5.74, 6) is 0. The lowest BCUT2D eigenvalue weighted by molar-refractivity contribution is 0.0211. The molecule has 0 radical (unpaired) electrons. The third-order valence-corrected chi connectivity index (χ3v) is 2.42. The van der Waals surface area contributed by atoms with Crippen molar-refractivity contribution in [3.8, 4) is 0 Å². The van der Waals surface area contributed by atoms with Crippen LogP contribution in [0.5, 0.6) is 0 Å². The minimum atomic E-state index is 0.472. The SMILES string of the molecule is Cc1cc(Cl)ccc1NC1COC1. The van der Waals surface area contributed by atoms with Crippen LogP contribution in [0.3, 0.4) is 0 Å². The summed E-state index contributed by atoms with van der Waals surface area (Å²) in [6.45, 7) is 3.66. The van der Waals surface area contributed by atoms with E-state index in [4.69, 9.17) is 16.3 Å². The minimum Gasteiger partial charge on any atom is -0.377 e. The second kappa shape index (κ2) is 3.56. The third-order valence-electron chi connectivity index (χ3n) is 2.19. The van der Waals surface area contributed by atoms with E-state index in [0.717, 1.165) is 23.9 Å². The zero-order valence-corrected chi connectivity index (χ0v) is 8.27. The molecule has 1 N–H and O–H groups in total. The lowest BCUT2D eigenvalue weighted by atomic mass is 10.1. The van der Waals surface area contributed by atoms with Gasteiger partial charge in [-0.25, -0.2) is 0 Å². The third kappa shape index (κ3) is 1.95. The Morgan fingerprint density at radius 2 is 2.23 bits per heavy atom. The Bertz CT molecular complexity index is 310. The van der Waals surface area contributed by atoms with Crippen molar-refractivity contribution in [2.45, 2.75) is 13.0 Å². The van der Waals surface area contributed by atoms with E-state index in [1.165, 1.54) is 5.56 Å². The summed E-state index contributed by atoms with van der Waals surface area (Å²) in [5, 5.41) is 4.18. The minimum absolute atomic E-state index is 0.472. The van der Waals surface area contributed by atoms with Crippen LogP contribution in [0.4, 0.5) is 5.69 Å². The van der Waals surface area contributed by atoms with Crippen molar-refractivity contribution in [3.05, 3.63) is 28.8 Å². The fraction of sp³-hybridized carbons (Fsp3) is 0.400. The number of nitrogens with one attached hydrogen (secondary N) is 1. The zero-order chi connectivity index (χ0) is 9.26. The Morgan fingerprint density at radius 3 is 2.77 bits per heavy atom. The van der Waals surface area contributed by atoms with Crippen LogP contribution in [0, 0.1) is 6.92 Å². The Balaban J connectivity index is 2.10. The van der Waals surface area contributed by atoms with Crippen LogP contribution < -0.4 is 5.32 Å². The van der Waals surface area contributed by atoms with Gasteiger partial charge in [0.05, 0.1) is 19.3 Å². The number of halogens is 1. The van der Waals surface area contributed by atoms with Gasteiger partial charge >= 0.3 is 0 Å². The van der Waals surface area contributed by atoms with Crippen molar-refractivity contribution < 1.29 is 4.74 Å². The van der Waals surface area contributed by atoms with Gasteiger partial charge in [-0.05, 0) is 30.7 Å². The van der Waals surface area contributed by atoms with Crippen LogP contribution in [0.2, 0.25) is 5.02 Å². The summed E-state index contributed by atoms with van der Waals surface area (Å²) in [6, 6.07) is 6.34. The van der Waals surface area contributed by atoms with Gasteiger partial charge in [-0.3, -0.25) is 0 Å². The first-order valence-corrected chi connectivity index (χ1v) is 4.74. The molecular formula is C10H12ClNO. The highest BCUT2D eigenvalue weighted by Gasteiger charge is 2.18. The van der Waals surface area contributed by atoms with Gasteiger partial charge in [0.25, 0.3) is 0 Å². The second-order valence-electron chi connectivity index (χ2n) is 3.34. The van der Waals surface area contributed by atoms with Crippen molar-refractivity contribution in [2.75, 3.05) is 18.5 Å². The molecule has 1 aliphatic rings. The van der Waals surface area contributed by atoms with Gasteiger partial charge in [-0.1, -0.05) is 11.6 Å². The van der Waals surface area contributed by atoms with E-state index in [9.17, 15) is 0 Å². The smallest absolute Gasteiger partial charge is 0.0728 e. The molecular weight excluding hydrogens is 186 g/mol.